The van der Waals surface area contributed by atoms with Gasteiger partial charge in [0, 0.05) is 30.0 Å². The molecule has 1 fully saturated rings. The molecule has 3 aromatic rings. The first-order chi connectivity index (χ1) is 16.5. The third-order valence-corrected chi connectivity index (χ3v) is 7.01. The van der Waals surface area contributed by atoms with E-state index in [1.807, 2.05) is 41.1 Å². The highest BCUT2D eigenvalue weighted by molar-refractivity contribution is 6.04. The summed E-state index contributed by atoms with van der Waals surface area (Å²) in [6.45, 7) is 4.52. The molecule has 1 atom stereocenters. The van der Waals surface area contributed by atoms with E-state index >= 15 is 0 Å². The summed E-state index contributed by atoms with van der Waals surface area (Å²) in [5.41, 5.74) is 12.3. The van der Waals surface area contributed by atoms with Crippen LogP contribution < -0.4 is 11.1 Å². The Morgan fingerprint density at radius 2 is 1.88 bits per heavy atom. The van der Waals surface area contributed by atoms with Gasteiger partial charge in [0.05, 0.1) is 11.6 Å². The number of primary amides is 1. The van der Waals surface area contributed by atoms with Crippen molar-refractivity contribution in [2.45, 2.75) is 45.6 Å². The summed E-state index contributed by atoms with van der Waals surface area (Å²) >= 11 is 0. The number of nitrogens with two attached hydrogens (primary N) is 1. The van der Waals surface area contributed by atoms with Gasteiger partial charge in [-0.05, 0) is 74.9 Å². The van der Waals surface area contributed by atoms with Gasteiger partial charge in [0.1, 0.15) is 0 Å². The smallest absolute Gasteiger partial charge is 0.276 e. The molecule has 3 N–H and O–H groups in total. The minimum Gasteiger partial charge on any atom is -0.369 e. The molecule has 5 rings (SSSR count). The second-order valence-corrected chi connectivity index (χ2v) is 9.45. The number of hydrogen-bond acceptors (Lipinski definition) is 4. The van der Waals surface area contributed by atoms with Crippen molar-refractivity contribution in [1.82, 2.24) is 14.7 Å². The number of fused-ring (bicyclic) bond motifs is 1. The van der Waals surface area contributed by atoms with Gasteiger partial charge in [0.15, 0.2) is 5.69 Å². The normalized spacial score (nSPS) is 18.0. The van der Waals surface area contributed by atoms with Crippen LogP contribution in [0.15, 0.2) is 48.5 Å². The number of nitrogens with zero attached hydrogens (tertiary/aromatic N) is 3. The summed E-state index contributed by atoms with van der Waals surface area (Å²) in [7, 11) is 0. The maximum absolute atomic E-state index is 13.2. The zero-order valence-electron chi connectivity index (χ0n) is 19.6. The number of likely N-dealkylation sites (tertiary alicyclic amines) is 1. The highest BCUT2D eigenvalue weighted by atomic mass is 16.2. The van der Waals surface area contributed by atoms with Crippen molar-refractivity contribution in [2.75, 3.05) is 18.4 Å². The number of carbonyl (C=O) groups is 2. The molecule has 34 heavy (non-hydrogen) atoms. The zero-order valence-corrected chi connectivity index (χ0v) is 19.6. The van der Waals surface area contributed by atoms with Crippen molar-refractivity contribution in [2.24, 2.45) is 11.7 Å². The molecule has 2 heterocycles. The van der Waals surface area contributed by atoms with Gasteiger partial charge in [-0.3, -0.25) is 14.5 Å². The number of aryl methyl sites for hydroxylation is 1. The Morgan fingerprint density at radius 3 is 2.65 bits per heavy atom. The number of aromatic nitrogens is 2. The van der Waals surface area contributed by atoms with Crippen molar-refractivity contribution in [1.29, 1.82) is 0 Å². The molecule has 2 aliphatic rings. The van der Waals surface area contributed by atoms with Gasteiger partial charge in [-0.15, -0.1) is 0 Å². The predicted octanol–water partition coefficient (Wildman–Crippen LogP) is 3.62. The van der Waals surface area contributed by atoms with Gasteiger partial charge in [-0.1, -0.05) is 30.3 Å². The average molecular weight is 458 g/mol. The molecule has 0 bridgehead atoms. The summed E-state index contributed by atoms with van der Waals surface area (Å²) in [5, 5.41) is 7.77. The highest BCUT2D eigenvalue weighted by Gasteiger charge is 2.27. The van der Waals surface area contributed by atoms with Crippen LogP contribution in [0, 0.1) is 12.8 Å². The zero-order chi connectivity index (χ0) is 23.7. The van der Waals surface area contributed by atoms with Crippen molar-refractivity contribution < 1.29 is 9.59 Å². The van der Waals surface area contributed by atoms with Crippen LogP contribution in [0.1, 0.15) is 52.1 Å². The summed E-state index contributed by atoms with van der Waals surface area (Å²) in [5.74, 6) is -0.439. The molecule has 1 aliphatic heterocycles. The Balaban J connectivity index is 1.29. The summed E-state index contributed by atoms with van der Waals surface area (Å²) < 4.78 is 1.95. The van der Waals surface area contributed by atoms with Crippen LogP contribution in [-0.4, -0.2) is 39.6 Å². The van der Waals surface area contributed by atoms with Gasteiger partial charge < -0.3 is 11.1 Å². The minimum atomic E-state index is -0.209. The van der Waals surface area contributed by atoms with E-state index in [4.69, 9.17) is 10.8 Å². The fourth-order valence-corrected chi connectivity index (χ4v) is 5.19. The molecule has 0 spiro atoms. The molecule has 1 aromatic heterocycles. The van der Waals surface area contributed by atoms with E-state index in [0.717, 1.165) is 79.0 Å². The SMILES string of the molecule is Cc1ccccc1-n1nc(C(=O)Nc2ccc(CN3CCCC(C(N)=O)C3)cc2)c2c1CCC2. The number of hydrogen-bond donors (Lipinski definition) is 2. The van der Waals surface area contributed by atoms with Crippen molar-refractivity contribution in [3.05, 3.63) is 76.6 Å². The Labute approximate surface area is 199 Å². The monoisotopic (exact) mass is 457 g/mol. The number of para-hydroxylation sites is 1. The minimum absolute atomic E-state index is 0.0616. The number of rotatable bonds is 6. The highest BCUT2D eigenvalue weighted by Crippen LogP contribution is 2.29. The van der Waals surface area contributed by atoms with E-state index in [-0.39, 0.29) is 17.7 Å². The molecule has 1 saturated heterocycles. The third kappa shape index (κ3) is 4.48. The fourth-order valence-electron chi connectivity index (χ4n) is 5.19. The molecular weight excluding hydrogens is 426 g/mol. The third-order valence-electron chi connectivity index (χ3n) is 7.01. The molecule has 2 amide bonds. The van der Waals surface area contributed by atoms with Gasteiger partial charge in [0.2, 0.25) is 5.91 Å². The van der Waals surface area contributed by atoms with Gasteiger partial charge >= 0.3 is 0 Å². The maximum atomic E-state index is 13.2. The van der Waals surface area contributed by atoms with Crippen LogP contribution in [0.2, 0.25) is 0 Å². The van der Waals surface area contributed by atoms with Gasteiger partial charge in [0.25, 0.3) is 5.91 Å². The molecule has 7 nitrogen and oxygen atoms in total. The number of carbonyl (C=O) groups excluding carboxylic acids is 2. The number of nitrogens with one attached hydrogen (secondary N) is 1. The number of anilines is 1. The van der Waals surface area contributed by atoms with E-state index < -0.39 is 0 Å². The lowest BCUT2D eigenvalue weighted by Crippen LogP contribution is -2.40. The summed E-state index contributed by atoms with van der Waals surface area (Å²) in [6.07, 6.45) is 4.72. The second kappa shape index (κ2) is 9.43. The van der Waals surface area contributed by atoms with Crippen molar-refractivity contribution in [3.8, 4) is 5.69 Å². The topological polar surface area (TPSA) is 93.2 Å². The Bertz CT molecular complexity index is 1210. The number of benzene rings is 2. The van der Waals surface area contributed by atoms with Crippen LogP contribution in [0.4, 0.5) is 5.69 Å². The maximum Gasteiger partial charge on any atom is 0.276 e. The van der Waals surface area contributed by atoms with E-state index in [2.05, 4.69) is 29.3 Å². The average Bonchev–Trinajstić information content (AvgIpc) is 3.44. The van der Waals surface area contributed by atoms with Crippen LogP contribution in [0.5, 0.6) is 0 Å². The van der Waals surface area contributed by atoms with E-state index in [0.29, 0.717) is 12.2 Å². The molecule has 7 heteroatoms. The predicted molar refractivity (Wildman–Crippen MR) is 132 cm³/mol. The first kappa shape index (κ1) is 22.3. The van der Waals surface area contributed by atoms with E-state index in [9.17, 15) is 9.59 Å². The standard InChI is InChI=1S/C27H31N5O2/c1-18-6-2-3-9-23(18)32-24-10-4-8-22(24)25(30-32)27(34)29-21-13-11-19(12-14-21)16-31-15-5-7-20(17-31)26(28)33/h2-3,6,9,11-14,20H,4-5,7-8,10,15-17H2,1H3,(H2,28,33)(H,29,34). The van der Waals surface area contributed by atoms with Crippen molar-refractivity contribution >= 4 is 17.5 Å². The molecule has 1 aliphatic carbocycles. The van der Waals surface area contributed by atoms with Crippen LogP contribution >= 0.6 is 0 Å². The summed E-state index contributed by atoms with van der Waals surface area (Å²) in [4.78, 5) is 27.0. The molecular formula is C27H31N5O2. The quantitative estimate of drug-likeness (QED) is 0.591. The summed E-state index contributed by atoms with van der Waals surface area (Å²) in [6, 6.07) is 16.1. The molecule has 176 valence electrons. The van der Waals surface area contributed by atoms with Crippen LogP contribution in [-0.2, 0) is 24.2 Å². The first-order valence-corrected chi connectivity index (χ1v) is 12.1. The molecule has 2 aromatic carbocycles. The number of amides is 2. The first-order valence-electron chi connectivity index (χ1n) is 12.1. The molecule has 0 saturated carbocycles. The van der Waals surface area contributed by atoms with Gasteiger partial charge in [-0.25, -0.2) is 4.68 Å². The van der Waals surface area contributed by atoms with E-state index in [1.54, 1.807) is 0 Å². The Morgan fingerprint density at radius 1 is 1.09 bits per heavy atom. The Kier molecular flexibility index (Phi) is 6.20. The van der Waals surface area contributed by atoms with Crippen molar-refractivity contribution in [3.63, 3.8) is 0 Å². The fraction of sp³-hybridized carbons (Fsp3) is 0.370. The Hall–Kier alpha value is -3.45. The number of piperidine rings is 1. The lowest BCUT2D eigenvalue weighted by Gasteiger charge is -2.31. The second-order valence-electron chi connectivity index (χ2n) is 9.45. The van der Waals surface area contributed by atoms with E-state index in [1.165, 1.54) is 0 Å². The lowest BCUT2D eigenvalue weighted by molar-refractivity contribution is -0.123. The largest absolute Gasteiger partial charge is 0.369 e. The molecule has 0 radical (unpaired) electrons. The molecule has 1 unspecified atom stereocenters. The lowest BCUT2D eigenvalue weighted by atomic mass is 9.97. The van der Waals surface area contributed by atoms with Gasteiger partial charge in [-0.2, -0.15) is 5.10 Å². The van der Waals surface area contributed by atoms with Crippen LogP contribution in [0.25, 0.3) is 5.69 Å². The van der Waals surface area contributed by atoms with Crippen LogP contribution in [0.3, 0.4) is 0 Å².